The number of ether oxygens (including phenoxy) is 3. The van der Waals surface area contributed by atoms with Crippen molar-refractivity contribution < 1.29 is 14.2 Å². The molecule has 0 fully saturated rings. The fourth-order valence-electron chi connectivity index (χ4n) is 2.48. The standard InChI is InChI=1S/C21H37N3O3.HI/c1-4-5-15-26-17-18-27-16-14-24-21(22-2)23-13-7-6-8-19-9-11-20(25-3)12-10-19;/h9-12H,4-8,13-18H2,1-3H3,(H2,22,23,24);1H. The highest BCUT2D eigenvalue weighted by Gasteiger charge is 1.98. The van der Waals surface area contributed by atoms with Crippen molar-refractivity contribution in [3.05, 3.63) is 29.8 Å². The molecule has 6 nitrogen and oxygen atoms in total. The smallest absolute Gasteiger partial charge is 0.191 e. The lowest BCUT2D eigenvalue weighted by atomic mass is 10.1. The van der Waals surface area contributed by atoms with E-state index in [1.807, 2.05) is 12.1 Å². The summed E-state index contributed by atoms with van der Waals surface area (Å²) in [5.74, 6) is 1.73. The minimum atomic E-state index is 0. The minimum Gasteiger partial charge on any atom is -0.497 e. The van der Waals surface area contributed by atoms with E-state index in [1.165, 1.54) is 12.0 Å². The zero-order valence-corrected chi connectivity index (χ0v) is 20.0. The lowest BCUT2D eigenvalue weighted by molar-refractivity contribution is 0.0487. The fraction of sp³-hybridized carbons (Fsp3) is 0.667. The van der Waals surface area contributed by atoms with E-state index in [-0.39, 0.29) is 24.0 Å². The van der Waals surface area contributed by atoms with Crippen molar-refractivity contribution in [1.29, 1.82) is 0 Å². The van der Waals surface area contributed by atoms with Crippen LogP contribution >= 0.6 is 24.0 Å². The van der Waals surface area contributed by atoms with Crippen molar-refractivity contribution in [2.45, 2.75) is 39.0 Å². The van der Waals surface area contributed by atoms with Crippen molar-refractivity contribution in [2.75, 3.05) is 53.7 Å². The third kappa shape index (κ3) is 14.0. The number of unbranched alkanes of at least 4 members (excludes halogenated alkanes) is 2. The number of halogens is 1. The van der Waals surface area contributed by atoms with Crippen molar-refractivity contribution in [3.8, 4) is 5.75 Å². The SMILES string of the molecule is CCCCOCCOCCNC(=NC)NCCCCc1ccc(OC)cc1.I. The molecule has 7 heteroatoms. The van der Waals surface area contributed by atoms with Crippen molar-refractivity contribution in [3.63, 3.8) is 0 Å². The number of aryl methyl sites for hydroxylation is 1. The quantitative estimate of drug-likeness (QED) is 0.164. The van der Waals surface area contributed by atoms with Gasteiger partial charge in [0.05, 0.1) is 26.9 Å². The summed E-state index contributed by atoms with van der Waals surface area (Å²) in [6.45, 7) is 6.59. The van der Waals surface area contributed by atoms with Crippen LogP contribution in [0.5, 0.6) is 5.75 Å². The van der Waals surface area contributed by atoms with Crippen LogP contribution < -0.4 is 15.4 Å². The van der Waals surface area contributed by atoms with E-state index in [9.17, 15) is 0 Å². The third-order valence-corrected chi connectivity index (χ3v) is 4.12. The molecule has 2 N–H and O–H groups in total. The van der Waals surface area contributed by atoms with Crippen LogP contribution in [0.3, 0.4) is 0 Å². The summed E-state index contributed by atoms with van der Waals surface area (Å²) in [5, 5.41) is 6.60. The maximum absolute atomic E-state index is 5.54. The van der Waals surface area contributed by atoms with Gasteiger partial charge in [-0.15, -0.1) is 24.0 Å². The number of nitrogens with one attached hydrogen (secondary N) is 2. The number of nitrogens with zero attached hydrogens (tertiary/aromatic N) is 1. The van der Waals surface area contributed by atoms with Gasteiger partial charge in [0.15, 0.2) is 5.96 Å². The van der Waals surface area contributed by atoms with Crippen LogP contribution in [0.15, 0.2) is 29.3 Å². The summed E-state index contributed by atoms with van der Waals surface area (Å²) in [6.07, 6.45) is 5.59. The molecule has 0 saturated carbocycles. The highest BCUT2D eigenvalue weighted by atomic mass is 127. The molecule has 28 heavy (non-hydrogen) atoms. The van der Waals surface area contributed by atoms with Crippen LogP contribution in [0.25, 0.3) is 0 Å². The van der Waals surface area contributed by atoms with Crippen molar-refractivity contribution in [1.82, 2.24) is 10.6 Å². The molecule has 1 rings (SSSR count). The molecule has 0 aliphatic rings. The van der Waals surface area contributed by atoms with Gasteiger partial charge in [0.25, 0.3) is 0 Å². The zero-order valence-electron chi connectivity index (χ0n) is 17.7. The fourth-order valence-corrected chi connectivity index (χ4v) is 2.48. The highest BCUT2D eigenvalue weighted by Crippen LogP contribution is 2.12. The second kappa shape index (κ2) is 19.3. The van der Waals surface area contributed by atoms with E-state index in [4.69, 9.17) is 14.2 Å². The first-order valence-corrected chi connectivity index (χ1v) is 10.0. The van der Waals surface area contributed by atoms with Gasteiger partial charge < -0.3 is 24.8 Å². The van der Waals surface area contributed by atoms with Crippen LogP contribution in [-0.2, 0) is 15.9 Å². The molecule has 0 radical (unpaired) electrons. The molecule has 0 heterocycles. The maximum atomic E-state index is 5.54. The van der Waals surface area contributed by atoms with Crippen LogP contribution in [0.1, 0.15) is 38.2 Å². The summed E-state index contributed by atoms with van der Waals surface area (Å²) in [4.78, 5) is 4.23. The van der Waals surface area contributed by atoms with Crippen LogP contribution in [0, 0.1) is 0 Å². The Labute approximate surface area is 187 Å². The first kappa shape index (κ1) is 26.9. The van der Waals surface area contributed by atoms with E-state index in [0.29, 0.717) is 19.8 Å². The molecule has 1 aromatic carbocycles. The Kier molecular flexibility index (Phi) is 18.5. The summed E-state index contributed by atoms with van der Waals surface area (Å²) >= 11 is 0. The number of hydrogen-bond acceptors (Lipinski definition) is 4. The third-order valence-electron chi connectivity index (χ3n) is 4.12. The minimum absolute atomic E-state index is 0. The summed E-state index contributed by atoms with van der Waals surface area (Å²) in [6, 6.07) is 8.28. The molecule has 0 aliphatic heterocycles. The van der Waals surface area contributed by atoms with E-state index >= 15 is 0 Å². The first-order valence-electron chi connectivity index (χ1n) is 10.0. The predicted molar refractivity (Wildman–Crippen MR) is 127 cm³/mol. The molecular formula is C21H38IN3O3. The lowest BCUT2D eigenvalue weighted by Gasteiger charge is -2.12. The average Bonchev–Trinajstić information content (AvgIpc) is 2.71. The van der Waals surface area contributed by atoms with Gasteiger partial charge in [-0.1, -0.05) is 25.5 Å². The van der Waals surface area contributed by atoms with Gasteiger partial charge in [0, 0.05) is 26.7 Å². The number of methoxy groups -OCH3 is 1. The topological polar surface area (TPSA) is 64.1 Å². The average molecular weight is 507 g/mol. The van der Waals surface area contributed by atoms with Crippen LogP contribution in [0.4, 0.5) is 0 Å². The van der Waals surface area contributed by atoms with Crippen molar-refractivity contribution >= 4 is 29.9 Å². The zero-order chi connectivity index (χ0) is 19.6. The predicted octanol–water partition coefficient (Wildman–Crippen LogP) is 3.63. The Morgan fingerprint density at radius 3 is 2.21 bits per heavy atom. The van der Waals surface area contributed by atoms with Gasteiger partial charge in [-0.05, 0) is 43.4 Å². The molecule has 0 atom stereocenters. The van der Waals surface area contributed by atoms with E-state index in [1.54, 1.807) is 14.2 Å². The van der Waals surface area contributed by atoms with Crippen LogP contribution in [0.2, 0.25) is 0 Å². The Bertz CT molecular complexity index is 498. The van der Waals surface area contributed by atoms with Crippen LogP contribution in [-0.4, -0.2) is 59.6 Å². The number of hydrogen-bond donors (Lipinski definition) is 2. The van der Waals surface area contributed by atoms with Gasteiger partial charge >= 0.3 is 0 Å². The molecule has 1 aromatic rings. The molecule has 0 aliphatic carbocycles. The molecule has 0 saturated heterocycles. The monoisotopic (exact) mass is 507 g/mol. The number of guanidine groups is 1. The number of aliphatic imine (C=N–C) groups is 1. The maximum Gasteiger partial charge on any atom is 0.191 e. The number of benzene rings is 1. The Balaban J connectivity index is 0.00000729. The van der Waals surface area contributed by atoms with Gasteiger partial charge in [0.1, 0.15) is 5.75 Å². The summed E-state index contributed by atoms with van der Waals surface area (Å²) in [7, 11) is 3.48. The summed E-state index contributed by atoms with van der Waals surface area (Å²) < 4.78 is 16.2. The van der Waals surface area contributed by atoms with Gasteiger partial charge in [0.2, 0.25) is 0 Å². The Morgan fingerprint density at radius 1 is 0.893 bits per heavy atom. The molecule has 0 bridgehead atoms. The van der Waals surface area contributed by atoms with E-state index in [0.717, 1.165) is 57.1 Å². The van der Waals surface area contributed by atoms with Gasteiger partial charge in [-0.2, -0.15) is 0 Å². The van der Waals surface area contributed by atoms with E-state index < -0.39 is 0 Å². The van der Waals surface area contributed by atoms with Gasteiger partial charge in [-0.3, -0.25) is 4.99 Å². The lowest BCUT2D eigenvalue weighted by Crippen LogP contribution is -2.39. The Hall–Kier alpha value is -1.06. The molecular weight excluding hydrogens is 469 g/mol. The second-order valence-electron chi connectivity index (χ2n) is 6.31. The van der Waals surface area contributed by atoms with E-state index in [2.05, 4.69) is 34.7 Å². The molecule has 0 spiro atoms. The molecule has 0 amide bonds. The largest absolute Gasteiger partial charge is 0.497 e. The molecule has 0 unspecified atom stereocenters. The Morgan fingerprint density at radius 2 is 1.57 bits per heavy atom. The number of rotatable bonds is 15. The highest BCUT2D eigenvalue weighted by molar-refractivity contribution is 14.0. The first-order chi connectivity index (χ1) is 13.3. The molecule has 162 valence electrons. The second-order valence-corrected chi connectivity index (χ2v) is 6.31. The molecule has 0 aromatic heterocycles. The van der Waals surface area contributed by atoms with Gasteiger partial charge in [-0.25, -0.2) is 0 Å². The summed E-state index contributed by atoms with van der Waals surface area (Å²) in [5.41, 5.74) is 1.34. The van der Waals surface area contributed by atoms with Crippen molar-refractivity contribution in [2.24, 2.45) is 4.99 Å². The normalized spacial score (nSPS) is 11.0.